The maximum absolute atomic E-state index is 10.8. The molecule has 0 spiro atoms. The first-order chi connectivity index (χ1) is 10.1. The lowest BCUT2D eigenvalue weighted by Gasteiger charge is -2.09. The minimum Gasteiger partial charge on any atom is -0.489 e. The number of nitro groups is 1. The molecule has 0 aromatic heterocycles. The Morgan fingerprint density at radius 2 is 2.00 bits per heavy atom. The Balaban J connectivity index is 2.19. The third kappa shape index (κ3) is 3.94. The van der Waals surface area contributed by atoms with Gasteiger partial charge in [-0.2, -0.15) is 5.26 Å². The Labute approximate surface area is 126 Å². The molecule has 0 radical (unpaired) electrons. The quantitative estimate of drug-likeness (QED) is 0.622. The van der Waals surface area contributed by atoms with Crippen LogP contribution in [-0.2, 0) is 6.61 Å². The van der Waals surface area contributed by atoms with Gasteiger partial charge in [-0.25, -0.2) is 0 Å². The number of nitriles is 1. The number of hydrogen-bond donors (Lipinski definition) is 0. The molecular weight excluding hydrogens is 292 g/mol. The highest BCUT2D eigenvalue weighted by Crippen LogP contribution is 2.27. The van der Waals surface area contributed by atoms with Crippen molar-refractivity contribution in [1.82, 2.24) is 0 Å². The molecule has 2 rings (SSSR count). The number of nitrogens with zero attached hydrogens (tertiary/aromatic N) is 2. The Bertz CT molecular complexity index is 683. The predicted octanol–water partition coefficient (Wildman–Crippen LogP) is 3.76. The van der Waals surface area contributed by atoms with Crippen LogP contribution in [0.15, 0.2) is 48.5 Å². The van der Waals surface area contributed by atoms with Crippen LogP contribution in [0.3, 0.4) is 0 Å². The van der Waals surface area contributed by atoms with Gasteiger partial charge < -0.3 is 4.74 Å². The van der Waals surface area contributed by atoms with Crippen LogP contribution in [0.4, 0.5) is 0 Å². The third-order valence-corrected chi connectivity index (χ3v) is 3.01. The van der Waals surface area contributed by atoms with Crippen molar-refractivity contribution in [2.24, 2.45) is 0 Å². The fourth-order valence-corrected chi connectivity index (χ4v) is 2.04. The lowest BCUT2D eigenvalue weighted by Crippen LogP contribution is -2.08. The van der Waals surface area contributed by atoms with E-state index >= 15 is 0 Å². The molecule has 6 heteroatoms. The Morgan fingerprint density at radius 1 is 1.29 bits per heavy atom. The molecule has 5 nitrogen and oxygen atoms in total. The molecule has 21 heavy (non-hydrogen) atoms. The maximum atomic E-state index is 10.8. The Morgan fingerprint density at radius 3 is 2.62 bits per heavy atom. The van der Waals surface area contributed by atoms with E-state index in [0.717, 1.165) is 5.56 Å². The highest BCUT2D eigenvalue weighted by molar-refractivity contribution is 6.30. The molecule has 2 aromatic carbocycles. The van der Waals surface area contributed by atoms with Gasteiger partial charge >= 0.3 is 6.04 Å². The van der Waals surface area contributed by atoms with Crippen molar-refractivity contribution in [3.05, 3.63) is 74.8 Å². The first kappa shape index (κ1) is 14.8. The van der Waals surface area contributed by atoms with Crippen molar-refractivity contribution in [3.63, 3.8) is 0 Å². The van der Waals surface area contributed by atoms with Crippen LogP contribution in [0.25, 0.3) is 0 Å². The first-order valence-corrected chi connectivity index (χ1v) is 6.48. The van der Waals surface area contributed by atoms with Crippen LogP contribution in [-0.4, -0.2) is 4.92 Å². The van der Waals surface area contributed by atoms with E-state index in [0.29, 0.717) is 12.4 Å². The van der Waals surface area contributed by atoms with Gasteiger partial charge in [0, 0.05) is 15.5 Å². The molecule has 0 aliphatic heterocycles. The number of halogens is 1. The molecule has 0 aliphatic rings. The van der Waals surface area contributed by atoms with Gasteiger partial charge in [-0.05, 0) is 23.8 Å². The average Bonchev–Trinajstić information content (AvgIpc) is 2.46. The van der Waals surface area contributed by atoms with Crippen molar-refractivity contribution in [3.8, 4) is 11.8 Å². The van der Waals surface area contributed by atoms with Gasteiger partial charge in [-0.3, -0.25) is 10.1 Å². The lowest BCUT2D eigenvalue weighted by atomic mass is 10.1. The highest BCUT2D eigenvalue weighted by atomic mass is 35.5. The van der Waals surface area contributed by atoms with E-state index in [2.05, 4.69) is 0 Å². The standard InChI is InChI=1S/C15H11ClN2O3/c16-13-6-12(15(9-17)18(19)20)7-14(8-13)21-10-11-4-2-1-3-5-11/h1-8,15H,10H2. The molecule has 0 amide bonds. The van der Waals surface area contributed by atoms with Gasteiger partial charge in [0.15, 0.2) is 0 Å². The lowest BCUT2D eigenvalue weighted by molar-refractivity contribution is -0.512. The van der Waals surface area contributed by atoms with Crippen LogP contribution in [0, 0.1) is 21.4 Å². The highest BCUT2D eigenvalue weighted by Gasteiger charge is 2.23. The zero-order valence-electron chi connectivity index (χ0n) is 10.9. The summed E-state index contributed by atoms with van der Waals surface area (Å²) >= 11 is 5.93. The number of rotatable bonds is 5. The van der Waals surface area contributed by atoms with Crippen LogP contribution in [0.2, 0.25) is 5.02 Å². The Hall–Kier alpha value is -2.58. The summed E-state index contributed by atoms with van der Waals surface area (Å²) in [5.74, 6) is 0.392. The van der Waals surface area contributed by atoms with Crippen LogP contribution in [0.5, 0.6) is 5.75 Å². The fourth-order valence-electron chi connectivity index (χ4n) is 1.81. The summed E-state index contributed by atoms with van der Waals surface area (Å²) in [6, 6.07) is 14.1. The largest absolute Gasteiger partial charge is 0.489 e. The van der Waals surface area contributed by atoms with Gasteiger partial charge in [0.25, 0.3) is 0 Å². The summed E-state index contributed by atoms with van der Waals surface area (Å²) in [6.07, 6.45) is 0. The average molecular weight is 303 g/mol. The van der Waals surface area contributed by atoms with E-state index in [9.17, 15) is 10.1 Å². The molecule has 2 aromatic rings. The van der Waals surface area contributed by atoms with Gasteiger partial charge in [-0.1, -0.05) is 41.9 Å². The van der Waals surface area contributed by atoms with E-state index in [1.807, 2.05) is 30.3 Å². The van der Waals surface area contributed by atoms with Gasteiger partial charge in [-0.15, -0.1) is 0 Å². The minimum atomic E-state index is -1.46. The van der Waals surface area contributed by atoms with Crippen LogP contribution in [0.1, 0.15) is 17.2 Å². The summed E-state index contributed by atoms with van der Waals surface area (Å²) < 4.78 is 5.57. The maximum Gasteiger partial charge on any atom is 0.321 e. The minimum absolute atomic E-state index is 0.207. The summed E-state index contributed by atoms with van der Waals surface area (Å²) in [6.45, 7) is 0.316. The fraction of sp³-hybridized carbons (Fsp3) is 0.133. The summed E-state index contributed by atoms with van der Waals surface area (Å²) in [5.41, 5.74) is 1.17. The monoisotopic (exact) mass is 302 g/mol. The van der Waals surface area contributed by atoms with E-state index in [1.54, 1.807) is 12.1 Å². The third-order valence-electron chi connectivity index (χ3n) is 2.79. The van der Waals surface area contributed by atoms with Gasteiger partial charge in [0.1, 0.15) is 18.4 Å². The normalized spacial score (nSPS) is 11.4. The molecule has 0 bridgehead atoms. The molecule has 1 atom stereocenters. The van der Waals surface area contributed by atoms with Crippen molar-refractivity contribution in [2.75, 3.05) is 0 Å². The van der Waals surface area contributed by atoms with Crippen molar-refractivity contribution < 1.29 is 9.66 Å². The molecular formula is C15H11ClN2O3. The smallest absolute Gasteiger partial charge is 0.321 e. The van der Waals surface area contributed by atoms with E-state index < -0.39 is 11.0 Å². The van der Waals surface area contributed by atoms with E-state index in [-0.39, 0.29) is 10.6 Å². The van der Waals surface area contributed by atoms with Gasteiger partial charge in [0.2, 0.25) is 0 Å². The molecule has 0 saturated heterocycles. The predicted molar refractivity (Wildman–Crippen MR) is 77.6 cm³/mol. The summed E-state index contributed by atoms with van der Waals surface area (Å²) in [7, 11) is 0. The molecule has 0 fully saturated rings. The van der Waals surface area contributed by atoms with Crippen LogP contribution >= 0.6 is 11.6 Å². The first-order valence-electron chi connectivity index (χ1n) is 6.10. The van der Waals surface area contributed by atoms with Crippen molar-refractivity contribution in [1.29, 1.82) is 5.26 Å². The molecule has 0 aliphatic carbocycles. The SMILES string of the molecule is N#CC(c1cc(Cl)cc(OCc2ccccc2)c1)[N+](=O)[O-]. The van der Waals surface area contributed by atoms with E-state index in [1.165, 1.54) is 12.1 Å². The topological polar surface area (TPSA) is 76.2 Å². The number of hydrogen-bond acceptors (Lipinski definition) is 4. The zero-order chi connectivity index (χ0) is 15.2. The van der Waals surface area contributed by atoms with Crippen molar-refractivity contribution in [2.45, 2.75) is 12.6 Å². The second kappa shape index (κ2) is 6.73. The van der Waals surface area contributed by atoms with E-state index in [4.69, 9.17) is 21.6 Å². The second-order valence-electron chi connectivity index (χ2n) is 4.31. The molecule has 0 saturated carbocycles. The van der Waals surface area contributed by atoms with Gasteiger partial charge in [0.05, 0.1) is 0 Å². The number of benzene rings is 2. The summed E-state index contributed by atoms with van der Waals surface area (Å²) in [5, 5.41) is 20.0. The van der Waals surface area contributed by atoms with Crippen LogP contribution < -0.4 is 4.74 Å². The number of ether oxygens (including phenoxy) is 1. The summed E-state index contributed by atoms with van der Waals surface area (Å²) in [4.78, 5) is 10.2. The molecule has 0 heterocycles. The zero-order valence-corrected chi connectivity index (χ0v) is 11.7. The van der Waals surface area contributed by atoms with Crippen molar-refractivity contribution >= 4 is 11.6 Å². The molecule has 1 unspecified atom stereocenters. The molecule has 106 valence electrons. The second-order valence-corrected chi connectivity index (χ2v) is 4.75. The molecule has 0 N–H and O–H groups in total. The Kier molecular flexibility index (Phi) is 4.75.